The first kappa shape index (κ1) is 14.3. The van der Waals surface area contributed by atoms with Crippen molar-refractivity contribution in [1.82, 2.24) is 0 Å². The normalized spacial score (nSPS) is 14.0. The molecule has 0 saturated heterocycles. The number of anilines is 1. The van der Waals surface area contributed by atoms with E-state index in [1.807, 2.05) is 7.05 Å². The van der Waals surface area contributed by atoms with Gasteiger partial charge in [-0.3, -0.25) is 0 Å². The third-order valence-electron chi connectivity index (χ3n) is 5.11. The fourth-order valence-electron chi connectivity index (χ4n) is 3.94. The second-order valence-electron chi connectivity index (χ2n) is 6.49. The topological polar surface area (TPSA) is 20.3 Å². The van der Waals surface area contributed by atoms with Gasteiger partial charge in [-0.1, -0.05) is 36.4 Å². The summed E-state index contributed by atoms with van der Waals surface area (Å²) in [4.78, 5) is 13.0. The van der Waals surface area contributed by atoms with Crippen LogP contribution in [0.15, 0.2) is 42.5 Å². The van der Waals surface area contributed by atoms with Crippen LogP contribution in [0.3, 0.4) is 0 Å². The maximum absolute atomic E-state index is 11.0. The molecule has 0 radical (unpaired) electrons. The van der Waals surface area contributed by atoms with E-state index in [-0.39, 0.29) is 0 Å². The van der Waals surface area contributed by atoms with Crippen LogP contribution in [0.1, 0.15) is 24.0 Å². The molecule has 0 fully saturated rings. The lowest BCUT2D eigenvalue weighted by Gasteiger charge is -2.23. The van der Waals surface area contributed by atoms with E-state index in [1.54, 1.807) is 0 Å². The van der Waals surface area contributed by atoms with Crippen LogP contribution >= 0.6 is 0 Å². The number of hydrogen-bond donors (Lipinski definition) is 0. The molecule has 3 aromatic rings. The molecule has 0 aliphatic heterocycles. The Balaban J connectivity index is 2.08. The number of nitrogens with zero attached hydrogens (tertiary/aromatic N) is 1. The van der Waals surface area contributed by atoms with Gasteiger partial charge in [0.25, 0.3) is 0 Å². The Kier molecular flexibility index (Phi) is 3.53. The van der Waals surface area contributed by atoms with Gasteiger partial charge in [-0.15, -0.1) is 0 Å². The smallest absolute Gasteiger partial charge is 0.139 e. The highest BCUT2D eigenvalue weighted by Crippen LogP contribution is 2.38. The molecule has 0 saturated carbocycles. The van der Waals surface area contributed by atoms with Crippen molar-refractivity contribution in [2.24, 2.45) is 0 Å². The molecule has 0 spiro atoms. The summed E-state index contributed by atoms with van der Waals surface area (Å²) < 4.78 is 0. The molecule has 4 rings (SSSR count). The Morgan fingerprint density at radius 2 is 1.70 bits per heavy atom. The number of aldehydes is 1. The van der Waals surface area contributed by atoms with Crippen molar-refractivity contribution < 1.29 is 4.79 Å². The highest BCUT2D eigenvalue weighted by atomic mass is 16.1. The number of aryl methyl sites for hydroxylation is 2. The van der Waals surface area contributed by atoms with Crippen molar-refractivity contribution >= 4 is 33.5 Å². The van der Waals surface area contributed by atoms with Gasteiger partial charge in [0.2, 0.25) is 0 Å². The summed E-state index contributed by atoms with van der Waals surface area (Å²) >= 11 is 0. The molecule has 0 atom stereocenters. The summed E-state index contributed by atoms with van der Waals surface area (Å²) in [6.07, 6.45) is 5.90. The zero-order chi connectivity index (χ0) is 15.8. The lowest BCUT2D eigenvalue weighted by atomic mass is 9.86. The fourth-order valence-corrected chi connectivity index (χ4v) is 3.94. The van der Waals surface area contributed by atoms with E-state index in [9.17, 15) is 4.79 Å². The van der Waals surface area contributed by atoms with Crippen LogP contribution in [0.4, 0.5) is 5.69 Å². The van der Waals surface area contributed by atoms with Gasteiger partial charge >= 0.3 is 0 Å². The summed E-state index contributed by atoms with van der Waals surface area (Å²) in [5.74, 6) is 0. The third-order valence-corrected chi connectivity index (χ3v) is 5.11. The van der Waals surface area contributed by atoms with Crippen molar-refractivity contribution in [2.45, 2.75) is 25.7 Å². The Hall–Kier alpha value is -2.35. The van der Waals surface area contributed by atoms with Crippen molar-refractivity contribution in [3.05, 3.63) is 53.6 Å². The molecule has 0 N–H and O–H groups in total. The average molecular weight is 303 g/mol. The molecule has 0 aromatic heterocycles. The van der Waals surface area contributed by atoms with Gasteiger partial charge in [-0.25, -0.2) is 0 Å². The molecule has 0 unspecified atom stereocenters. The fraction of sp³-hybridized carbons (Fsp3) is 0.286. The standard InChI is InChI=1S/C21H21NO/c1-22(12-13-23)21-14-20-16-7-3-2-6-15(16)10-11-18(20)17-8-4-5-9-19(17)21/h4-5,8-11,13-14H,2-3,6-7,12H2,1H3. The van der Waals surface area contributed by atoms with Crippen LogP contribution in [-0.2, 0) is 17.6 Å². The van der Waals surface area contributed by atoms with Gasteiger partial charge in [0, 0.05) is 18.1 Å². The van der Waals surface area contributed by atoms with Gasteiger partial charge < -0.3 is 9.69 Å². The van der Waals surface area contributed by atoms with Crippen molar-refractivity contribution in [2.75, 3.05) is 18.5 Å². The first-order valence-corrected chi connectivity index (χ1v) is 8.40. The number of benzene rings is 3. The van der Waals surface area contributed by atoms with Crippen LogP contribution < -0.4 is 4.90 Å². The predicted molar refractivity (Wildman–Crippen MR) is 97.4 cm³/mol. The molecular weight excluding hydrogens is 282 g/mol. The van der Waals surface area contributed by atoms with Gasteiger partial charge in [0.1, 0.15) is 6.29 Å². The van der Waals surface area contributed by atoms with Crippen molar-refractivity contribution in [3.63, 3.8) is 0 Å². The zero-order valence-corrected chi connectivity index (χ0v) is 13.5. The number of rotatable bonds is 3. The maximum Gasteiger partial charge on any atom is 0.139 e. The van der Waals surface area contributed by atoms with Crippen LogP contribution in [0, 0.1) is 0 Å². The third kappa shape index (κ3) is 2.29. The second kappa shape index (κ2) is 5.69. The van der Waals surface area contributed by atoms with E-state index in [2.05, 4.69) is 47.4 Å². The van der Waals surface area contributed by atoms with Gasteiger partial charge in [0.15, 0.2) is 0 Å². The molecule has 2 nitrogen and oxygen atoms in total. The summed E-state index contributed by atoms with van der Waals surface area (Å²) in [7, 11) is 2.00. The minimum Gasteiger partial charge on any atom is -0.367 e. The van der Waals surface area contributed by atoms with Gasteiger partial charge in [-0.05, 0) is 59.0 Å². The lowest BCUT2D eigenvalue weighted by Crippen LogP contribution is -2.19. The Labute approximate surface area is 136 Å². The van der Waals surface area contributed by atoms with Crippen LogP contribution in [0.5, 0.6) is 0 Å². The molecule has 0 heterocycles. The van der Waals surface area contributed by atoms with E-state index >= 15 is 0 Å². The summed E-state index contributed by atoms with van der Waals surface area (Å²) in [5.41, 5.74) is 4.17. The van der Waals surface area contributed by atoms with Crippen LogP contribution in [0.2, 0.25) is 0 Å². The number of fused-ring (bicyclic) bond motifs is 5. The van der Waals surface area contributed by atoms with Gasteiger partial charge in [-0.2, -0.15) is 0 Å². The molecule has 23 heavy (non-hydrogen) atoms. The van der Waals surface area contributed by atoms with Crippen LogP contribution in [-0.4, -0.2) is 19.9 Å². The molecule has 1 aliphatic carbocycles. The van der Waals surface area contributed by atoms with Crippen molar-refractivity contribution in [3.8, 4) is 0 Å². The monoisotopic (exact) mass is 303 g/mol. The molecule has 3 aromatic carbocycles. The van der Waals surface area contributed by atoms with E-state index in [0.717, 1.165) is 12.0 Å². The Morgan fingerprint density at radius 3 is 2.52 bits per heavy atom. The van der Waals surface area contributed by atoms with E-state index in [0.29, 0.717) is 6.54 Å². The molecule has 116 valence electrons. The number of hydrogen-bond acceptors (Lipinski definition) is 2. The molecule has 1 aliphatic rings. The first-order chi connectivity index (χ1) is 11.3. The average Bonchev–Trinajstić information content (AvgIpc) is 2.61. The zero-order valence-electron chi connectivity index (χ0n) is 13.5. The highest BCUT2D eigenvalue weighted by Gasteiger charge is 2.16. The number of carbonyl (C=O) groups excluding carboxylic acids is 1. The largest absolute Gasteiger partial charge is 0.367 e. The summed E-state index contributed by atoms with van der Waals surface area (Å²) in [6, 6.07) is 15.4. The minimum absolute atomic E-state index is 0.421. The Bertz CT molecular complexity index is 897. The highest BCUT2D eigenvalue weighted by molar-refractivity contribution is 6.14. The van der Waals surface area contributed by atoms with E-state index in [4.69, 9.17) is 0 Å². The number of carbonyl (C=O) groups is 1. The predicted octanol–water partition coefficient (Wildman–Crippen LogP) is 4.51. The quantitative estimate of drug-likeness (QED) is 0.524. The lowest BCUT2D eigenvalue weighted by molar-refractivity contribution is -0.106. The summed E-state index contributed by atoms with van der Waals surface area (Å²) in [6.45, 7) is 0.421. The van der Waals surface area contributed by atoms with E-state index in [1.165, 1.54) is 58.4 Å². The van der Waals surface area contributed by atoms with E-state index < -0.39 is 0 Å². The van der Waals surface area contributed by atoms with Crippen molar-refractivity contribution in [1.29, 1.82) is 0 Å². The molecule has 2 heteroatoms. The summed E-state index contributed by atoms with van der Waals surface area (Å²) in [5, 5.41) is 5.21. The molecule has 0 amide bonds. The number of likely N-dealkylation sites (N-methyl/N-ethyl adjacent to an activating group) is 1. The molecular formula is C21H21NO. The van der Waals surface area contributed by atoms with Crippen LogP contribution in [0.25, 0.3) is 21.5 Å². The second-order valence-corrected chi connectivity index (χ2v) is 6.49. The minimum atomic E-state index is 0.421. The molecule has 0 bridgehead atoms. The Morgan fingerprint density at radius 1 is 0.957 bits per heavy atom. The SMILES string of the molecule is CN(CC=O)c1cc2c3c(ccc2c2ccccc12)CCCC3. The maximum atomic E-state index is 11.0. The first-order valence-electron chi connectivity index (χ1n) is 8.40. The van der Waals surface area contributed by atoms with Gasteiger partial charge in [0.05, 0.1) is 6.54 Å².